The number of carboxylic acids is 1. The van der Waals surface area contributed by atoms with Gasteiger partial charge >= 0.3 is 5.97 Å². The van der Waals surface area contributed by atoms with E-state index in [-0.39, 0.29) is 17.2 Å². The Morgan fingerprint density at radius 2 is 1.88 bits per heavy atom. The second-order valence-corrected chi connectivity index (χ2v) is 8.00. The van der Waals surface area contributed by atoms with Crippen molar-refractivity contribution in [1.29, 1.82) is 0 Å². The molecule has 0 atom stereocenters. The number of carboxylic acid groups (broad SMARTS) is 1. The molecule has 8 heteroatoms. The van der Waals surface area contributed by atoms with Gasteiger partial charge in [-0.05, 0) is 55.3 Å². The fourth-order valence-corrected chi connectivity index (χ4v) is 3.81. The first-order valence-electron chi connectivity index (χ1n) is 7.78. The number of hydrogen-bond donors (Lipinski definition) is 2. The number of benzene rings is 2. The molecule has 136 valence electrons. The Kier molecular flexibility index (Phi) is 5.04. The lowest BCUT2D eigenvalue weighted by Gasteiger charge is -2.07. The zero-order valence-electron chi connectivity index (χ0n) is 13.8. The third-order valence-corrected chi connectivity index (χ3v) is 5.75. The number of nitrogens with one attached hydrogen (secondary N) is 1. The molecule has 0 aliphatic carbocycles. The summed E-state index contributed by atoms with van der Waals surface area (Å²) in [6, 6.07) is 11.2. The molecule has 0 saturated heterocycles. The van der Waals surface area contributed by atoms with Crippen LogP contribution < -0.4 is 4.72 Å². The highest BCUT2D eigenvalue weighted by Gasteiger charge is 2.17. The summed E-state index contributed by atoms with van der Waals surface area (Å²) in [5, 5.41) is 10.3. The molecule has 3 rings (SSSR count). The van der Waals surface area contributed by atoms with Gasteiger partial charge < -0.3 is 9.52 Å². The van der Waals surface area contributed by atoms with Gasteiger partial charge in [0.15, 0.2) is 0 Å². The van der Waals surface area contributed by atoms with Gasteiger partial charge in [0.25, 0.3) is 0 Å². The molecule has 0 saturated carbocycles. The molecule has 0 spiro atoms. The van der Waals surface area contributed by atoms with Crippen LogP contribution in [0.4, 0.5) is 0 Å². The lowest BCUT2D eigenvalue weighted by atomic mass is 10.1. The van der Waals surface area contributed by atoms with E-state index < -0.39 is 16.0 Å². The first-order chi connectivity index (χ1) is 12.3. The number of furan rings is 1. The van der Waals surface area contributed by atoms with Gasteiger partial charge in [-0.15, -0.1) is 0 Å². The summed E-state index contributed by atoms with van der Waals surface area (Å²) >= 11 is 5.77. The summed E-state index contributed by atoms with van der Waals surface area (Å²) in [4.78, 5) is 11.3. The Morgan fingerprint density at radius 3 is 2.54 bits per heavy atom. The minimum atomic E-state index is -3.61. The van der Waals surface area contributed by atoms with Crippen LogP contribution in [0, 0.1) is 6.92 Å². The van der Waals surface area contributed by atoms with Crippen LogP contribution in [-0.4, -0.2) is 26.0 Å². The minimum absolute atomic E-state index is 0.0828. The molecule has 2 aromatic carbocycles. The summed E-state index contributed by atoms with van der Waals surface area (Å²) in [5.74, 6) is -1.20. The Bertz CT molecular complexity index is 1070. The van der Waals surface area contributed by atoms with E-state index in [1.54, 1.807) is 19.1 Å². The molecule has 1 heterocycles. The Hall–Kier alpha value is -2.35. The number of hydrogen-bond acceptors (Lipinski definition) is 4. The molecule has 2 N–H and O–H groups in total. The van der Waals surface area contributed by atoms with Gasteiger partial charge in [0, 0.05) is 22.5 Å². The number of halogens is 1. The monoisotopic (exact) mass is 393 g/mol. The van der Waals surface area contributed by atoms with Crippen LogP contribution in [0.5, 0.6) is 0 Å². The van der Waals surface area contributed by atoms with Crippen molar-refractivity contribution in [2.24, 2.45) is 0 Å². The molecule has 26 heavy (non-hydrogen) atoms. The predicted octanol–water partition coefficient (Wildman–Crippen LogP) is 3.61. The van der Waals surface area contributed by atoms with Crippen LogP contribution in [0.1, 0.15) is 21.7 Å². The molecule has 0 aliphatic heterocycles. The van der Waals surface area contributed by atoms with Crippen molar-refractivity contribution in [3.05, 3.63) is 64.4 Å². The normalized spacial score (nSPS) is 11.8. The predicted molar refractivity (Wildman–Crippen MR) is 98.3 cm³/mol. The molecular formula is C18H16ClNO5S. The molecule has 0 radical (unpaired) electrons. The van der Waals surface area contributed by atoms with Crippen molar-refractivity contribution >= 4 is 38.6 Å². The van der Waals surface area contributed by atoms with Crippen LogP contribution >= 0.6 is 11.6 Å². The maximum atomic E-state index is 12.2. The summed E-state index contributed by atoms with van der Waals surface area (Å²) in [6.45, 7) is 1.89. The smallest absolute Gasteiger partial charge is 0.372 e. The molecular weight excluding hydrogens is 378 g/mol. The number of rotatable bonds is 6. The van der Waals surface area contributed by atoms with Gasteiger partial charge in [0.05, 0.1) is 4.90 Å². The Labute approximate surface area is 155 Å². The first kappa shape index (κ1) is 18.4. The van der Waals surface area contributed by atoms with E-state index in [0.29, 0.717) is 28.0 Å². The Morgan fingerprint density at radius 1 is 1.19 bits per heavy atom. The van der Waals surface area contributed by atoms with Gasteiger partial charge in [0.2, 0.25) is 15.8 Å². The fraction of sp³-hybridized carbons (Fsp3) is 0.167. The second kappa shape index (κ2) is 7.11. The second-order valence-electron chi connectivity index (χ2n) is 5.79. The first-order valence-corrected chi connectivity index (χ1v) is 9.64. The van der Waals surface area contributed by atoms with Crippen LogP contribution in [0.2, 0.25) is 5.02 Å². The molecule has 0 amide bonds. The third kappa shape index (κ3) is 3.75. The lowest BCUT2D eigenvalue weighted by Crippen LogP contribution is -2.25. The van der Waals surface area contributed by atoms with Gasteiger partial charge in [-0.25, -0.2) is 17.9 Å². The van der Waals surface area contributed by atoms with Crippen molar-refractivity contribution in [3.8, 4) is 0 Å². The quantitative estimate of drug-likeness (QED) is 0.666. The van der Waals surface area contributed by atoms with Gasteiger partial charge in [-0.3, -0.25) is 0 Å². The molecule has 0 bridgehead atoms. The zero-order chi connectivity index (χ0) is 18.9. The van der Waals surface area contributed by atoms with E-state index in [2.05, 4.69) is 4.72 Å². The average molecular weight is 394 g/mol. The number of fused-ring (bicyclic) bond motifs is 1. The molecule has 0 fully saturated rings. The van der Waals surface area contributed by atoms with Crippen molar-refractivity contribution in [2.75, 3.05) is 6.54 Å². The van der Waals surface area contributed by atoms with Crippen molar-refractivity contribution in [2.45, 2.75) is 18.2 Å². The van der Waals surface area contributed by atoms with Crippen LogP contribution in [-0.2, 0) is 16.4 Å². The molecule has 0 aliphatic rings. The SMILES string of the molecule is Cc1c(C(=O)O)oc2ccc(CCNS(=O)(=O)c3ccc(Cl)cc3)cc12. The lowest BCUT2D eigenvalue weighted by molar-refractivity contribution is 0.0664. The highest BCUT2D eigenvalue weighted by Crippen LogP contribution is 2.26. The summed E-state index contributed by atoms with van der Waals surface area (Å²) < 4.78 is 32.3. The average Bonchev–Trinajstić information content (AvgIpc) is 2.92. The zero-order valence-corrected chi connectivity index (χ0v) is 15.4. The maximum Gasteiger partial charge on any atom is 0.372 e. The molecule has 3 aromatic rings. The highest BCUT2D eigenvalue weighted by molar-refractivity contribution is 7.89. The summed E-state index contributed by atoms with van der Waals surface area (Å²) in [7, 11) is -3.61. The van der Waals surface area contributed by atoms with Crippen LogP contribution in [0.25, 0.3) is 11.0 Å². The standard InChI is InChI=1S/C18H16ClNO5S/c1-11-15-10-12(2-7-16(15)25-17(11)18(21)22)8-9-20-26(23,24)14-5-3-13(19)4-6-14/h2-7,10,20H,8-9H2,1H3,(H,21,22). The van der Waals surface area contributed by atoms with Crippen LogP contribution in [0.3, 0.4) is 0 Å². The minimum Gasteiger partial charge on any atom is -0.475 e. The van der Waals surface area contributed by atoms with Crippen molar-refractivity contribution in [3.63, 3.8) is 0 Å². The molecule has 0 unspecified atom stereocenters. The maximum absolute atomic E-state index is 12.2. The number of aromatic carboxylic acids is 1. The van der Waals surface area contributed by atoms with E-state index in [1.165, 1.54) is 24.3 Å². The topological polar surface area (TPSA) is 96.6 Å². The van der Waals surface area contributed by atoms with Crippen molar-refractivity contribution in [1.82, 2.24) is 4.72 Å². The number of carbonyl (C=O) groups is 1. The summed E-state index contributed by atoms with van der Waals surface area (Å²) in [5.41, 5.74) is 1.92. The van der Waals surface area contributed by atoms with E-state index in [4.69, 9.17) is 21.1 Å². The largest absolute Gasteiger partial charge is 0.475 e. The van der Waals surface area contributed by atoms with Gasteiger partial charge in [0.1, 0.15) is 5.58 Å². The number of aryl methyl sites for hydroxylation is 1. The fourth-order valence-electron chi connectivity index (χ4n) is 2.65. The van der Waals surface area contributed by atoms with E-state index in [0.717, 1.165) is 5.56 Å². The van der Waals surface area contributed by atoms with Gasteiger partial charge in [-0.1, -0.05) is 17.7 Å². The molecule has 1 aromatic heterocycles. The van der Waals surface area contributed by atoms with E-state index >= 15 is 0 Å². The van der Waals surface area contributed by atoms with E-state index in [9.17, 15) is 13.2 Å². The van der Waals surface area contributed by atoms with E-state index in [1.807, 2.05) is 6.07 Å². The third-order valence-electron chi connectivity index (χ3n) is 4.02. The Balaban J connectivity index is 1.72. The van der Waals surface area contributed by atoms with Crippen molar-refractivity contribution < 1.29 is 22.7 Å². The van der Waals surface area contributed by atoms with Crippen LogP contribution in [0.15, 0.2) is 51.8 Å². The van der Waals surface area contributed by atoms with Gasteiger partial charge in [-0.2, -0.15) is 0 Å². The number of sulfonamides is 1. The summed E-state index contributed by atoms with van der Waals surface area (Å²) in [6.07, 6.45) is 0.454. The molecule has 6 nitrogen and oxygen atoms in total. The highest BCUT2D eigenvalue weighted by atomic mass is 35.5.